The van der Waals surface area contributed by atoms with E-state index in [0.29, 0.717) is 18.2 Å². The summed E-state index contributed by atoms with van der Waals surface area (Å²) in [4.78, 5) is 12.5. The highest BCUT2D eigenvalue weighted by molar-refractivity contribution is 9.10. The molecule has 0 radical (unpaired) electrons. The Morgan fingerprint density at radius 1 is 1.02 bits per heavy atom. The maximum Gasteiger partial charge on any atom is 0.417 e. The molecule has 1 amide bonds. The molecule has 0 fully saturated rings. The molecule has 0 aliphatic heterocycles. The molecule has 0 saturated carbocycles. The Balaban J connectivity index is 2.39. The summed E-state index contributed by atoms with van der Waals surface area (Å²) in [6.45, 7) is 0.981. The molecule has 4 nitrogen and oxygen atoms in total. The number of allylic oxidation sites excluding steroid dienone is 1. The van der Waals surface area contributed by atoms with Crippen molar-refractivity contribution in [1.29, 1.82) is 0 Å². The first kappa shape index (κ1) is 34.2. The predicted molar refractivity (Wildman–Crippen MR) is 135 cm³/mol. The van der Waals surface area contributed by atoms with Crippen molar-refractivity contribution in [2.24, 2.45) is 0 Å². The van der Waals surface area contributed by atoms with E-state index in [1.54, 1.807) is 0 Å². The minimum atomic E-state index is -5.18. The molecule has 0 aromatic heterocycles. The fourth-order valence-corrected chi connectivity index (χ4v) is 5.89. The van der Waals surface area contributed by atoms with Gasteiger partial charge in [-0.25, -0.2) is 8.42 Å². The van der Waals surface area contributed by atoms with E-state index < -0.39 is 68.9 Å². The topological polar surface area (TPSA) is 63.2 Å². The van der Waals surface area contributed by atoms with Gasteiger partial charge in [-0.1, -0.05) is 41.4 Å². The second-order valence-corrected chi connectivity index (χ2v) is 12.3. The second kappa shape index (κ2) is 12.5. The van der Waals surface area contributed by atoms with Crippen molar-refractivity contribution in [3.63, 3.8) is 0 Å². The third-order valence-corrected chi connectivity index (χ3v) is 8.49. The van der Waals surface area contributed by atoms with Gasteiger partial charge in [0, 0.05) is 10.5 Å². The zero-order chi connectivity index (χ0) is 30.8. The van der Waals surface area contributed by atoms with E-state index in [1.807, 2.05) is 5.32 Å². The Morgan fingerprint density at radius 3 is 2.12 bits per heavy atom. The first-order chi connectivity index (χ1) is 18.0. The van der Waals surface area contributed by atoms with Crippen LogP contribution >= 0.6 is 39.1 Å². The maximum absolute atomic E-state index is 13.8. The molecule has 0 spiro atoms. The minimum Gasteiger partial charge on any atom is -0.349 e. The summed E-state index contributed by atoms with van der Waals surface area (Å²) in [6.07, 6.45) is -13.8. The quantitative estimate of drug-likeness (QED) is 0.222. The first-order valence-corrected chi connectivity index (χ1v) is 14.1. The largest absolute Gasteiger partial charge is 0.417 e. The fraction of sp³-hybridized carbons (Fsp3) is 0.348. The molecule has 222 valence electrons. The Hall–Kier alpha value is -1.97. The maximum atomic E-state index is 13.8. The third-order valence-electron chi connectivity index (χ3n) is 5.06. The zero-order valence-corrected chi connectivity index (χ0v) is 23.7. The van der Waals surface area contributed by atoms with E-state index in [4.69, 9.17) is 23.2 Å². The van der Waals surface area contributed by atoms with Crippen molar-refractivity contribution in [2.75, 3.05) is 11.5 Å². The number of amides is 1. The average Bonchev–Trinajstić information content (AvgIpc) is 2.73. The van der Waals surface area contributed by atoms with E-state index in [0.717, 1.165) is 31.2 Å². The number of nitrogens with one attached hydrogen (secondary N) is 1. The molecule has 2 atom stereocenters. The lowest BCUT2D eigenvalue weighted by Crippen LogP contribution is -2.40. The molecule has 1 unspecified atom stereocenters. The summed E-state index contributed by atoms with van der Waals surface area (Å²) in [5.74, 6) is -7.15. The highest BCUT2D eigenvalue weighted by atomic mass is 79.9. The molecular formula is C23H17BrCl2F9NO3S. The van der Waals surface area contributed by atoms with Crippen LogP contribution < -0.4 is 5.32 Å². The summed E-state index contributed by atoms with van der Waals surface area (Å²) >= 11 is 14.7. The van der Waals surface area contributed by atoms with Crippen LogP contribution in [-0.4, -0.2) is 44.2 Å². The van der Waals surface area contributed by atoms with E-state index in [1.165, 1.54) is 0 Å². The lowest BCUT2D eigenvalue weighted by molar-refractivity contribution is -0.139. The fourth-order valence-electron chi connectivity index (χ4n) is 3.50. The molecule has 0 aliphatic carbocycles. The van der Waals surface area contributed by atoms with Gasteiger partial charge >= 0.3 is 18.5 Å². The summed E-state index contributed by atoms with van der Waals surface area (Å²) in [7, 11) is -4.75. The van der Waals surface area contributed by atoms with E-state index in [9.17, 15) is 52.7 Å². The van der Waals surface area contributed by atoms with Crippen molar-refractivity contribution in [2.45, 2.75) is 37.4 Å². The monoisotopic (exact) mass is 707 g/mol. The number of rotatable bonds is 8. The Labute approximate surface area is 240 Å². The molecule has 1 N–H and O–H groups in total. The summed E-state index contributed by atoms with van der Waals surface area (Å²) in [5.41, 5.74) is -3.34. The van der Waals surface area contributed by atoms with Gasteiger partial charge in [0.2, 0.25) is 0 Å². The summed E-state index contributed by atoms with van der Waals surface area (Å²) in [6, 6.07) is 2.44. The average molecular weight is 709 g/mol. The predicted octanol–water partition coefficient (Wildman–Crippen LogP) is 8.23. The number of hydrogen-bond acceptors (Lipinski definition) is 3. The van der Waals surface area contributed by atoms with Crippen molar-refractivity contribution >= 4 is 61.0 Å². The Kier molecular flexibility index (Phi) is 10.7. The number of halogens is 12. The molecule has 17 heteroatoms. The minimum absolute atomic E-state index is 0.0497. The van der Waals surface area contributed by atoms with Crippen LogP contribution in [-0.2, 0) is 16.0 Å². The number of hydrogen-bond donors (Lipinski definition) is 1. The molecule has 2 rings (SSSR count). The van der Waals surface area contributed by atoms with Crippen LogP contribution in [0.3, 0.4) is 0 Å². The van der Waals surface area contributed by atoms with Crippen LogP contribution in [0, 0.1) is 0 Å². The van der Waals surface area contributed by atoms with Crippen molar-refractivity contribution in [3.05, 3.63) is 73.2 Å². The highest BCUT2D eigenvalue weighted by Crippen LogP contribution is 2.41. The third kappa shape index (κ3) is 9.84. The van der Waals surface area contributed by atoms with E-state index >= 15 is 0 Å². The van der Waals surface area contributed by atoms with E-state index in [2.05, 4.69) is 15.9 Å². The number of alkyl halides is 9. The lowest BCUT2D eigenvalue weighted by Gasteiger charge is -2.19. The van der Waals surface area contributed by atoms with Gasteiger partial charge in [-0.15, -0.1) is 0 Å². The SMILES string of the molecule is C[C@H](CS(=O)(=O)CC(F)(F)F)NC(=O)c1ccc(/C=C/C(c2cc(Cl)c(Cl)c(Br)c2)C(F)(F)F)cc1C(F)(F)F. The lowest BCUT2D eigenvalue weighted by atomic mass is 9.96. The molecule has 0 bridgehead atoms. The van der Waals surface area contributed by atoms with Crippen molar-refractivity contribution in [3.8, 4) is 0 Å². The standard InChI is InChI=1S/C23H17BrCl2F9NO3S/c1-11(9-40(38,39)10-21(27,28)29)36-20(37)14-4-2-12(6-16(14)23(33,34)35)3-5-15(22(30,31)32)13-7-17(24)19(26)18(25)8-13/h2-8,11,15H,9-10H2,1H3,(H,36,37)/b5-3+/t11-,15?/m1/s1. The second-order valence-electron chi connectivity index (χ2n) is 8.52. The number of carbonyl (C=O) groups is 1. The molecule has 2 aromatic rings. The first-order valence-electron chi connectivity index (χ1n) is 10.7. The van der Waals surface area contributed by atoms with Gasteiger partial charge in [0.05, 0.1) is 32.8 Å². The summed E-state index contributed by atoms with van der Waals surface area (Å²) < 4.78 is 143. The Morgan fingerprint density at radius 2 is 1.62 bits per heavy atom. The van der Waals surface area contributed by atoms with Gasteiger partial charge in [0.1, 0.15) is 5.75 Å². The van der Waals surface area contributed by atoms with E-state index in [-0.39, 0.29) is 25.6 Å². The van der Waals surface area contributed by atoms with Gasteiger partial charge in [-0.3, -0.25) is 4.79 Å². The van der Waals surface area contributed by atoms with Gasteiger partial charge < -0.3 is 5.32 Å². The molecular weight excluding hydrogens is 692 g/mol. The smallest absolute Gasteiger partial charge is 0.349 e. The summed E-state index contributed by atoms with van der Waals surface area (Å²) in [5, 5.41) is 1.64. The van der Waals surface area contributed by atoms with Crippen LogP contribution in [0.15, 0.2) is 40.9 Å². The molecule has 2 aromatic carbocycles. The van der Waals surface area contributed by atoms with Crippen LogP contribution in [0.1, 0.15) is 39.9 Å². The van der Waals surface area contributed by atoms with Gasteiger partial charge in [0.25, 0.3) is 5.91 Å². The van der Waals surface area contributed by atoms with Crippen LogP contribution in [0.2, 0.25) is 10.0 Å². The number of sulfone groups is 1. The molecule has 0 saturated heterocycles. The van der Waals surface area contributed by atoms with Crippen LogP contribution in [0.4, 0.5) is 39.5 Å². The molecule has 0 aliphatic rings. The highest BCUT2D eigenvalue weighted by Gasteiger charge is 2.40. The Bertz CT molecular complexity index is 1370. The van der Waals surface area contributed by atoms with Crippen LogP contribution in [0.25, 0.3) is 6.08 Å². The zero-order valence-electron chi connectivity index (χ0n) is 19.8. The van der Waals surface area contributed by atoms with Gasteiger partial charge in [-0.2, -0.15) is 39.5 Å². The normalized spacial score (nSPS) is 14.8. The molecule has 40 heavy (non-hydrogen) atoms. The molecule has 0 heterocycles. The number of benzene rings is 2. The van der Waals surface area contributed by atoms with Crippen molar-refractivity contribution < 1.29 is 52.7 Å². The van der Waals surface area contributed by atoms with Crippen LogP contribution in [0.5, 0.6) is 0 Å². The number of carbonyl (C=O) groups excluding carboxylic acids is 1. The van der Waals surface area contributed by atoms with Gasteiger partial charge in [-0.05, 0) is 58.2 Å². The van der Waals surface area contributed by atoms with Gasteiger partial charge in [0.15, 0.2) is 9.84 Å². The van der Waals surface area contributed by atoms with Crippen molar-refractivity contribution in [1.82, 2.24) is 5.32 Å².